The van der Waals surface area contributed by atoms with Crippen LogP contribution in [-0.4, -0.2) is 17.5 Å². The highest BCUT2D eigenvalue weighted by Crippen LogP contribution is 2.34. The number of hydrogen-bond acceptors (Lipinski definition) is 2. The fourth-order valence-corrected chi connectivity index (χ4v) is 2.90. The number of Topliss-reactive ketones (excluding diaryl/α,β-unsaturated/α-hetero) is 1. The molecule has 0 radical (unpaired) electrons. The Labute approximate surface area is 115 Å². The van der Waals surface area contributed by atoms with Crippen LogP contribution in [0.4, 0.5) is 0 Å². The molecule has 0 N–H and O–H groups in total. The first-order valence-corrected chi connectivity index (χ1v) is 7.04. The van der Waals surface area contributed by atoms with Crippen LogP contribution in [-0.2, 0) is 16.1 Å². The van der Waals surface area contributed by atoms with Gasteiger partial charge in [0, 0.05) is 6.20 Å². The summed E-state index contributed by atoms with van der Waals surface area (Å²) >= 11 is 0. The van der Waals surface area contributed by atoms with E-state index < -0.39 is 0 Å². The fraction of sp³-hybridized carbons (Fsp3) is 0.562. The Balaban J connectivity index is 2.27. The van der Waals surface area contributed by atoms with Gasteiger partial charge in [-0.15, -0.1) is 0 Å². The minimum atomic E-state index is 0.149. The van der Waals surface area contributed by atoms with E-state index >= 15 is 0 Å². The van der Waals surface area contributed by atoms with E-state index in [4.69, 9.17) is 4.74 Å². The van der Waals surface area contributed by atoms with Gasteiger partial charge in [-0.3, -0.25) is 4.79 Å². The van der Waals surface area contributed by atoms with E-state index in [0.29, 0.717) is 18.2 Å². The molecule has 1 heterocycles. The highest BCUT2D eigenvalue weighted by Gasteiger charge is 2.19. The number of hydrogen-bond donors (Lipinski definition) is 0. The van der Waals surface area contributed by atoms with Crippen LogP contribution in [0.2, 0.25) is 0 Å². The highest BCUT2D eigenvalue weighted by molar-refractivity contribution is 5.76. The van der Waals surface area contributed by atoms with Crippen molar-refractivity contribution in [3.05, 3.63) is 30.1 Å². The van der Waals surface area contributed by atoms with E-state index in [-0.39, 0.29) is 5.78 Å². The molecule has 1 fully saturated rings. The third-order valence-electron chi connectivity index (χ3n) is 3.92. The van der Waals surface area contributed by atoms with Crippen LogP contribution in [0, 0.1) is 0 Å². The summed E-state index contributed by atoms with van der Waals surface area (Å²) in [5.74, 6) is 1.41. The van der Waals surface area contributed by atoms with E-state index in [0.717, 1.165) is 5.69 Å². The zero-order chi connectivity index (χ0) is 13.8. The number of nitrogens with zero attached hydrogens (tertiary/aromatic N) is 1. The van der Waals surface area contributed by atoms with E-state index in [1.54, 1.807) is 14.0 Å². The van der Waals surface area contributed by atoms with Crippen molar-refractivity contribution in [2.45, 2.75) is 51.5 Å². The van der Waals surface area contributed by atoms with Gasteiger partial charge in [0.05, 0.1) is 19.3 Å². The molecule has 1 aromatic rings. The smallest absolute Gasteiger partial charge is 0.149 e. The number of aromatic nitrogens is 1. The molecule has 3 nitrogen and oxygen atoms in total. The third-order valence-corrected chi connectivity index (χ3v) is 3.92. The molecule has 1 aromatic heterocycles. The summed E-state index contributed by atoms with van der Waals surface area (Å²) in [6.07, 6.45) is 8.58. The normalized spacial score (nSPS) is 16.3. The topological polar surface area (TPSA) is 31.2 Å². The molecule has 3 heteroatoms. The Kier molecular flexibility index (Phi) is 4.46. The Morgan fingerprint density at radius 3 is 2.68 bits per heavy atom. The molecular weight excluding hydrogens is 238 g/mol. The Morgan fingerprint density at radius 1 is 1.42 bits per heavy atom. The maximum Gasteiger partial charge on any atom is 0.149 e. The lowest BCUT2D eigenvalue weighted by atomic mass is 9.85. The maximum atomic E-state index is 11.4. The molecule has 1 aliphatic carbocycles. The zero-order valence-corrected chi connectivity index (χ0v) is 11.9. The second kappa shape index (κ2) is 6.09. The van der Waals surface area contributed by atoms with E-state index in [9.17, 15) is 4.79 Å². The Hall–Kier alpha value is -1.51. The predicted molar refractivity (Wildman–Crippen MR) is 77.0 cm³/mol. The minimum Gasteiger partial charge on any atom is -0.495 e. The van der Waals surface area contributed by atoms with Gasteiger partial charge in [0.25, 0.3) is 0 Å². The van der Waals surface area contributed by atoms with Crippen LogP contribution in [0.3, 0.4) is 0 Å². The number of rotatable bonds is 5. The second-order valence-corrected chi connectivity index (χ2v) is 5.45. The van der Waals surface area contributed by atoms with Gasteiger partial charge in [0.15, 0.2) is 0 Å². The van der Waals surface area contributed by atoms with Gasteiger partial charge < -0.3 is 9.30 Å². The van der Waals surface area contributed by atoms with Crippen LogP contribution in [0.25, 0.3) is 5.76 Å². The number of carbonyl (C=O) groups is 1. The molecule has 0 spiro atoms. The van der Waals surface area contributed by atoms with Gasteiger partial charge in [-0.25, -0.2) is 0 Å². The van der Waals surface area contributed by atoms with Crippen molar-refractivity contribution >= 4 is 11.5 Å². The third kappa shape index (κ3) is 3.28. The molecule has 19 heavy (non-hydrogen) atoms. The fourth-order valence-electron chi connectivity index (χ4n) is 2.90. The van der Waals surface area contributed by atoms with E-state index in [2.05, 4.69) is 18.8 Å². The van der Waals surface area contributed by atoms with Gasteiger partial charge in [0.2, 0.25) is 0 Å². The first-order chi connectivity index (χ1) is 9.11. The summed E-state index contributed by atoms with van der Waals surface area (Å²) in [4.78, 5) is 11.4. The molecule has 2 rings (SSSR count). The predicted octanol–water partition coefficient (Wildman–Crippen LogP) is 3.74. The average molecular weight is 261 g/mol. The number of carbonyl (C=O) groups excluding carboxylic acids is 1. The quantitative estimate of drug-likeness (QED) is 0.756. The SMILES string of the molecule is C=C(OC)c1cc(C2CCCCC2)cn1CC(C)=O. The van der Waals surface area contributed by atoms with Crippen LogP contribution in [0.5, 0.6) is 0 Å². The summed E-state index contributed by atoms with van der Waals surface area (Å²) in [6, 6.07) is 2.14. The van der Waals surface area contributed by atoms with Crippen molar-refractivity contribution in [1.29, 1.82) is 0 Å². The number of ether oxygens (including phenoxy) is 1. The van der Waals surface area contributed by atoms with Gasteiger partial charge in [-0.05, 0) is 37.3 Å². The first-order valence-electron chi connectivity index (χ1n) is 7.04. The highest BCUT2D eigenvalue weighted by atomic mass is 16.5. The molecule has 0 aromatic carbocycles. The molecule has 0 atom stereocenters. The van der Waals surface area contributed by atoms with Gasteiger partial charge >= 0.3 is 0 Å². The van der Waals surface area contributed by atoms with Crippen LogP contribution in [0.15, 0.2) is 18.8 Å². The van der Waals surface area contributed by atoms with E-state index in [1.165, 1.54) is 37.7 Å². The van der Waals surface area contributed by atoms with Crippen molar-refractivity contribution in [3.63, 3.8) is 0 Å². The molecule has 1 saturated carbocycles. The van der Waals surface area contributed by atoms with Crippen molar-refractivity contribution < 1.29 is 9.53 Å². The summed E-state index contributed by atoms with van der Waals surface area (Å²) < 4.78 is 7.20. The minimum absolute atomic E-state index is 0.149. The van der Waals surface area contributed by atoms with Crippen LogP contribution < -0.4 is 0 Å². The molecule has 0 amide bonds. The lowest BCUT2D eigenvalue weighted by molar-refractivity contribution is -0.117. The molecule has 0 saturated heterocycles. The molecule has 0 aliphatic heterocycles. The summed E-state index contributed by atoms with van der Waals surface area (Å²) in [5.41, 5.74) is 2.26. The first kappa shape index (κ1) is 13.9. The standard InChI is InChI=1S/C16H23NO2/c1-12(18)10-17-11-15(9-16(17)13(2)19-3)14-7-5-4-6-8-14/h9,11,14H,2,4-8,10H2,1,3H3. The molecular formula is C16H23NO2. The Bertz CT molecular complexity index is 467. The van der Waals surface area contributed by atoms with Crippen LogP contribution >= 0.6 is 0 Å². The van der Waals surface area contributed by atoms with Gasteiger partial charge in [0.1, 0.15) is 11.5 Å². The van der Waals surface area contributed by atoms with Crippen LogP contribution in [0.1, 0.15) is 56.2 Å². The average Bonchev–Trinajstić information content (AvgIpc) is 2.82. The van der Waals surface area contributed by atoms with E-state index in [1.807, 2.05) is 4.57 Å². The molecule has 104 valence electrons. The maximum absolute atomic E-state index is 11.4. The Morgan fingerprint density at radius 2 is 2.11 bits per heavy atom. The van der Waals surface area contributed by atoms with Crippen molar-refractivity contribution in [1.82, 2.24) is 4.57 Å². The lowest BCUT2D eigenvalue weighted by Crippen LogP contribution is -2.08. The molecule has 0 bridgehead atoms. The van der Waals surface area contributed by atoms with Crippen molar-refractivity contribution in [2.24, 2.45) is 0 Å². The number of methoxy groups -OCH3 is 1. The van der Waals surface area contributed by atoms with Crippen molar-refractivity contribution in [2.75, 3.05) is 7.11 Å². The second-order valence-electron chi connectivity index (χ2n) is 5.45. The summed E-state index contributed by atoms with van der Waals surface area (Å²) in [6.45, 7) is 5.92. The largest absolute Gasteiger partial charge is 0.495 e. The summed E-state index contributed by atoms with van der Waals surface area (Å²) in [7, 11) is 1.62. The summed E-state index contributed by atoms with van der Waals surface area (Å²) in [5, 5.41) is 0. The van der Waals surface area contributed by atoms with Gasteiger partial charge in [-0.2, -0.15) is 0 Å². The molecule has 1 aliphatic rings. The molecule has 0 unspecified atom stereocenters. The lowest BCUT2D eigenvalue weighted by Gasteiger charge is -2.20. The monoisotopic (exact) mass is 261 g/mol. The zero-order valence-electron chi connectivity index (χ0n) is 11.9. The van der Waals surface area contributed by atoms with Crippen molar-refractivity contribution in [3.8, 4) is 0 Å². The number of ketones is 1. The van der Waals surface area contributed by atoms with Gasteiger partial charge in [-0.1, -0.05) is 25.8 Å².